The van der Waals surface area contributed by atoms with Gasteiger partial charge in [-0.3, -0.25) is 4.79 Å². The van der Waals surface area contributed by atoms with Crippen molar-refractivity contribution < 1.29 is 54.9 Å². The number of hydrogen-bond acceptors (Lipinski definition) is 7. The number of carbonyl (C=O) groups is 2. The Bertz CT molecular complexity index is 2030. The summed E-state index contributed by atoms with van der Waals surface area (Å²) in [5.74, 6) is -1.14. The van der Waals surface area contributed by atoms with Crippen LogP contribution in [0.15, 0.2) is 108 Å². The maximum atomic E-state index is 14.4. The molecule has 2 aliphatic rings. The fraction of sp³-hybridized carbons (Fsp3) is 0.333. The molecule has 2 aliphatic heterocycles. The number of halogens is 4. The summed E-state index contributed by atoms with van der Waals surface area (Å²) in [5.41, 5.74) is 3.55. The third-order valence-electron chi connectivity index (χ3n) is 9.53. The van der Waals surface area contributed by atoms with E-state index in [2.05, 4.69) is 0 Å². The molecular formula is C39H38F4N2O8S. The van der Waals surface area contributed by atoms with Gasteiger partial charge in [-0.1, -0.05) is 84.4 Å². The van der Waals surface area contributed by atoms with Crippen molar-refractivity contribution >= 4 is 22.0 Å². The van der Waals surface area contributed by atoms with Crippen molar-refractivity contribution in [3.05, 3.63) is 137 Å². The Morgan fingerprint density at radius 3 is 2.30 bits per heavy atom. The number of nitrogens with zero attached hydrogens (tertiary/aromatic N) is 2. The predicted molar refractivity (Wildman–Crippen MR) is 187 cm³/mol. The number of rotatable bonds is 11. The summed E-state index contributed by atoms with van der Waals surface area (Å²) in [6, 6.07) is 24.1. The van der Waals surface area contributed by atoms with Crippen molar-refractivity contribution in [2.75, 3.05) is 19.8 Å². The lowest BCUT2D eigenvalue weighted by atomic mass is 9.87. The average molecular weight is 771 g/mol. The van der Waals surface area contributed by atoms with Crippen LogP contribution in [0.3, 0.4) is 0 Å². The Morgan fingerprint density at radius 1 is 0.963 bits per heavy atom. The van der Waals surface area contributed by atoms with E-state index in [1.807, 2.05) is 18.2 Å². The molecule has 4 aromatic carbocycles. The van der Waals surface area contributed by atoms with Crippen molar-refractivity contribution in [1.82, 2.24) is 9.21 Å². The van der Waals surface area contributed by atoms with Crippen LogP contribution in [0, 0.1) is 12.7 Å². The summed E-state index contributed by atoms with van der Waals surface area (Å²) in [6.07, 6.45) is -13.1. The fourth-order valence-corrected chi connectivity index (χ4v) is 8.32. The van der Waals surface area contributed by atoms with Crippen molar-refractivity contribution in [1.29, 1.82) is 0 Å². The number of sulfonamides is 1. The summed E-state index contributed by atoms with van der Waals surface area (Å²) in [6.45, 7) is -0.0739. The molecule has 0 bridgehead atoms. The number of amides is 2. The normalized spacial score (nSPS) is 20.9. The lowest BCUT2D eigenvalue weighted by molar-refractivity contribution is -0.261. The minimum Gasteiger partial charge on any atom is -0.464 e. The molecule has 0 saturated carbocycles. The van der Waals surface area contributed by atoms with E-state index < -0.39 is 88.9 Å². The summed E-state index contributed by atoms with van der Waals surface area (Å²) >= 11 is 0. The van der Waals surface area contributed by atoms with Crippen LogP contribution in [-0.4, -0.2) is 85.0 Å². The fourth-order valence-electron chi connectivity index (χ4n) is 6.83. The van der Waals surface area contributed by atoms with Gasteiger partial charge in [-0.2, -0.15) is 17.5 Å². The molecule has 54 heavy (non-hydrogen) atoms. The summed E-state index contributed by atoms with van der Waals surface area (Å²) < 4.78 is 102. The first-order valence-electron chi connectivity index (χ1n) is 17.2. The Hall–Kier alpha value is -4.83. The molecule has 1 saturated heterocycles. The van der Waals surface area contributed by atoms with Crippen LogP contribution in [-0.2, 0) is 42.1 Å². The van der Waals surface area contributed by atoms with Gasteiger partial charge in [-0.05, 0) is 59.9 Å². The molecule has 1 fully saturated rings. The maximum absolute atomic E-state index is 14.4. The number of fused-ring (bicyclic) bond motifs is 1. The predicted octanol–water partition coefficient (Wildman–Crippen LogP) is 6.67. The molecule has 15 heteroatoms. The van der Waals surface area contributed by atoms with Gasteiger partial charge in [-0.15, -0.1) is 0 Å². The lowest BCUT2D eigenvalue weighted by Gasteiger charge is -2.44. The second-order valence-electron chi connectivity index (χ2n) is 13.2. The van der Waals surface area contributed by atoms with E-state index >= 15 is 0 Å². The molecular weight excluding hydrogens is 732 g/mol. The van der Waals surface area contributed by atoms with Crippen LogP contribution in [0.1, 0.15) is 40.3 Å². The molecule has 1 N–H and O–H groups in total. The number of hydrogen-bond donors (Lipinski definition) is 1. The number of ether oxygens (including phenoxy) is 3. The Balaban J connectivity index is 1.33. The molecule has 0 unspecified atom stereocenters. The molecule has 0 spiro atoms. The second-order valence-corrected chi connectivity index (χ2v) is 15.0. The van der Waals surface area contributed by atoms with E-state index in [-0.39, 0.29) is 17.5 Å². The van der Waals surface area contributed by atoms with Gasteiger partial charge in [-0.25, -0.2) is 17.6 Å². The van der Waals surface area contributed by atoms with Crippen molar-refractivity contribution in [3.8, 4) is 0 Å². The number of aryl methyl sites for hydroxylation is 1. The molecule has 0 aliphatic carbocycles. The number of benzene rings is 4. The van der Waals surface area contributed by atoms with E-state index in [4.69, 9.17) is 14.2 Å². The number of carbonyl (C=O) groups excluding carboxylic acids is 1. The SMILES string of the molecule is Cc1ccc(S(=O)(=O)N(C(=O)O)[C@H]2C[C@H](C(=O)N3CCc4ccccc4[C@@H]3c3ccc(F)cc3)OC[C@@H]2O[C@@H](COCc2ccccc2)C(F)(F)F)cc1. The van der Waals surface area contributed by atoms with E-state index in [0.29, 0.717) is 23.1 Å². The molecule has 5 atom stereocenters. The molecule has 0 aromatic heterocycles. The number of carboxylic acid groups (broad SMARTS) is 1. The highest BCUT2D eigenvalue weighted by Crippen LogP contribution is 2.38. The van der Waals surface area contributed by atoms with Crippen LogP contribution in [0.2, 0.25) is 0 Å². The first kappa shape index (κ1) is 38.9. The largest absolute Gasteiger partial charge is 0.464 e. The van der Waals surface area contributed by atoms with Gasteiger partial charge in [0.05, 0.1) is 36.8 Å². The van der Waals surface area contributed by atoms with E-state index in [9.17, 15) is 40.7 Å². The smallest absolute Gasteiger partial charge is 0.421 e. The topological polar surface area (TPSA) is 123 Å². The van der Waals surface area contributed by atoms with Gasteiger partial charge in [0, 0.05) is 13.0 Å². The van der Waals surface area contributed by atoms with Crippen molar-refractivity contribution in [3.63, 3.8) is 0 Å². The number of alkyl halides is 3. The average Bonchev–Trinajstić information content (AvgIpc) is 3.14. The summed E-state index contributed by atoms with van der Waals surface area (Å²) in [5, 5.41) is 10.4. The minimum absolute atomic E-state index is 0.0619. The van der Waals surface area contributed by atoms with Crippen molar-refractivity contribution in [2.45, 2.75) is 67.8 Å². The van der Waals surface area contributed by atoms with Crippen LogP contribution in [0.5, 0.6) is 0 Å². The Kier molecular flexibility index (Phi) is 11.7. The zero-order valence-electron chi connectivity index (χ0n) is 29.1. The van der Waals surface area contributed by atoms with Crippen LogP contribution < -0.4 is 0 Å². The molecule has 286 valence electrons. The van der Waals surface area contributed by atoms with E-state index in [0.717, 1.165) is 11.1 Å². The van der Waals surface area contributed by atoms with Crippen LogP contribution in [0.4, 0.5) is 22.4 Å². The Labute approximate surface area is 309 Å². The molecule has 6 rings (SSSR count). The van der Waals surface area contributed by atoms with Crippen LogP contribution in [0.25, 0.3) is 0 Å². The quantitative estimate of drug-likeness (QED) is 0.168. The highest BCUT2D eigenvalue weighted by atomic mass is 32.2. The molecule has 2 heterocycles. The highest BCUT2D eigenvalue weighted by Gasteiger charge is 2.51. The van der Waals surface area contributed by atoms with Gasteiger partial charge < -0.3 is 24.2 Å². The Morgan fingerprint density at radius 2 is 1.63 bits per heavy atom. The summed E-state index contributed by atoms with van der Waals surface area (Å²) in [4.78, 5) is 28.4. The monoisotopic (exact) mass is 770 g/mol. The summed E-state index contributed by atoms with van der Waals surface area (Å²) in [7, 11) is -4.92. The standard InChI is InChI=1S/C39H38F4N2O8S/c1-25-11-17-30(18-12-25)54(49,50)45(38(47)48)32-21-33(52-23-34(32)53-35(39(41,42)43)24-51-22-26-7-3-2-4-8-26)37(46)44-20-19-27-9-5-6-10-31(27)36(44)28-13-15-29(40)16-14-28/h2-18,32-36H,19-24H2,1H3,(H,47,48)/t32-,33+,34-,35-,36-/m0/s1. The van der Waals surface area contributed by atoms with Gasteiger partial charge in [0.25, 0.3) is 15.9 Å². The highest BCUT2D eigenvalue weighted by molar-refractivity contribution is 7.89. The van der Waals surface area contributed by atoms with Crippen molar-refractivity contribution in [2.24, 2.45) is 0 Å². The third-order valence-corrected chi connectivity index (χ3v) is 11.3. The lowest BCUT2D eigenvalue weighted by Crippen LogP contribution is -2.60. The van der Waals surface area contributed by atoms with Crippen LogP contribution >= 0.6 is 0 Å². The molecule has 4 aromatic rings. The van der Waals surface area contributed by atoms with Gasteiger partial charge in [0.2, 0.25) is 0 Å². The maximum Gasteiger partial charge on any atom is 0.421 e. The van der Waals surface area contributed by atoms with Gasteiger partial charge in [0.15, 0.2) is 6.10 Å². The van der Waals surface area contributed by atoms with E-state index in [1.54, 1.807) is 43.3 Å². The second kappa shape index (κ2) is 16.3. The first-order valence-corrected chi connectivity index (χ1v) is 18.6. The molecule has 10 nitrogen and oxygen atoms in total. The molecule has 0 radical (unpaired) electrons. The first-order chi connectivity index (χ1) is 25.7. The molecule has 2 amide bonds. The minimum atomic E-state index is -5.01. The third kappa shape index (κ3) is 8.59. The zero-order valence-corrected chi connectivity index (χ0v) is 29.9. The van der Waals surface area contributed by atoms with Gasteiger partial charge in [0.1, 0.15) is 18.0 Å². The van der Waals surface area contributed by atoms with Gasteiger partial charge >= 0.3 is 12.3 Å². The zero-order chi connectivity index (χ0) is 38.6. The van der Waals surface area contributed by atoms with E-state index in [1.165, 1.54) is 53.4 Å².